The van der Waals surface area contributed by atoms with Gasteiger partial charge in [0.05, 0.1) is 12.1 Å². The van der Waals surface area contributed by atoms with Crippen LogP contribution in [0.4, 0.5) is 5.69 Å². The molecule has 5 nitrogen and oxygen atoms in total. The maximum absolute atomic E-state index is 12.4. The van der Waals surface area contributed by atoms with Gasteiger partial charge < -0.3 is 16.4 Å². The molecule has 2 amide bonds. The van der Waals surface area contributed by atoms with E-state index in [0.29, 0.717) is 17.8 Å². The first-order chi connectivity index (χ1) is 8.82. The standard InChI is InChI=1S/C14H21N3O2/c1-9(2)7-17(8-12(15)18)14(19)11-6-4-5-10(3)13(11)16/h4-6,9H,7-8,16H2,1-3H3,(H2,15,18). The van der Waals surface area contributed by atoms with E-state index in [9.17, 15) is 9.59 Å². The van der Waals surface area contributed by atoms with E-state index in [1.807, 2.05) is 26.8 Å². The molecule has 0 atom stereocenters. The Morgan fingerprint density at radius 1 is 1.32 bits per heavy atom. The van der Waals surface area contributed by atoms with Crippen molar-refractivity contribution < 1.29 is 9.59 Å². The van der Waals surface area contributed by atoms with Gasteiger partial charge in [-0.1, -0.05) is 26.0 Å². The first-order valence-corrected chi connectivity index (χ1v) is 6.25. The quantitative estimate of drug-likeness (QED) is 0.781. The van der Waals surface area contributed by atoms with Gasteiger partial charge in [0.25, 0.3) is 5.91 Å². The molecule has 0 fully saturated rings. The molecule has 0 aliphatic carbocycles. The number of benzene rings is 1. The zero-order valence-electron chi connectivity index (χ0n) is 11.6. The predicted octanol–water partition coefficient (Wildman–Crippen LogP) is 1.16. The van der Waals surface area contributed by atoms with Gasteiger partial charge in [-0.2, -0.15) is 0 Å². The number of carbonyl (C=O) groups is 2. The van der Waals surface area contributed by atoms with Crippen molar-refractivity contribution in [1.29, 1.82) is 0 Å². The Kier molecular flexibility index (Phi) is 4.92. The lowest BCUT2D eigenvalue weighted by molar-refractivity contribution is -0.118. The van der Waals surface area contributed by atoms with Crippen molar-refractivity contribution in [2.75, 3.05) is 18.8 Å². The number of rotatable bonds is 5. The molecule has 0 saturated heterocycles. The third kappa shape index (κ3) is 3.98. The van der Waals surface area contributed by atoms with E-state index < -0.39 is 5.91 Å². The smallest absolute Gasteiger partial charge is 0.256 e. The molecule has 0 spiro atoms. The third-order valence-corrected chi connectivity index (χ3v) is 2.77. The maximum Gasteiger partial charge on any atom is 0.256 e. The fourth-order valence-electron chi connectivity index (χ4n) is 1.89. The van der Waals surface area contributed by atoms with Crippen molar-refractivity contribution in [3.05, 3.63) is 29.3 Å². The number of nitrogen functional groups attached to an aromatic ring is 1. The summed E-state index contributed by atoms with van der Waals surface area (Å²) >= 11 is 0. The molecule has 0 aliphatic rings. The van der Waals surface area contributed by atoms with Crippen molar-refractivity contribution in [3.63, 3.8) is 0 Å². The van der Waals surface area contributed by atoms with Gasteiger partial charge in [-0.25, -0.2) is 0 Å². The van der Waals surface area contributed by atoms with Crippen LogP contribution < -0.4 is 11.5 Å². The Morgan fingerprint density at radius 3 is 2.47 bits per heavy atom. The minimum absolute atomic E-state index is 0.0929. The molecular formula is C14H21N3O2. The highest BCUT2D eigenvalue weighted by Crippen LogP contribution is 2.18. The van der Waals surface area contributed by atoms with E-state index in [4.69, 9.17) is 11.5 Å². The molecule has 1 aromatic rings. The summed E-state index contributed by atoms with van der Waals surface area (Å²) in [5, 5.41) is 0. The van der Waals surface area contributed by atoms with Crippen molar-refractivity contribution in [2.45, 2.75) is 20.8 Å². The second-order valence-corrected chi connectivity index (χ2v) is 5.08. The first kappa shape index (κ1) is 15.0. The zero-order chi connectivity index (χ0) is 14.6. The lowest BCUT2D eigenvalue weighted by atomic mass is 10.1. The number of para-hydroxylation sites is 1. The maximum atomic E-state index is 12.4. The molecule has 0 aromatic heterocycles. The lowest BCUT2D eigenvalue weighted by Gasteiger charge is -2.24. The highest BCUT2D eigenvalue weighted by molar-refractivity contribution is 6.01. The van der Waals surface area contributed by atoms with Crippen LogP contribution in [-0.2, 0) is 4.79 Å². The zero-order valence-corrected chi connectivity index (χ0v) is 11.6. The fraction of sp³-hybridized carbons (Fsp3) is 0.429. The Labute approximate surface area is 113 Å². The minimum atomic E-state index is -0.528. The largest absolute Gasteiger partial charge is 0.398 e. The number of hydrogen-bond donors (Lipinski definition) is 2. The van der Waals surface area contributed by atoms with Crippen molar-refractivity contribution in [3.8, 4) is 0 Å². The van der Waals surface area contributed by atoms with Crippen LogP contribution in [0.15, 0.2) is 18.2 Å². The van der Waals surface area contributed by atoms with Gasteiger partial charge >= 0.3 is 0 Å². The van der Waals surface area contributed by atoms with E-state index >= 15 is 0 Å². The van der Waals surface area contributed by atoms with Crippen LogP contribution >= 0.6 is 0 Å². The number of primary amides is 1. The number of nitrogens with two attached hydrogens (primary N) is 2. The molecule has 104 valence electrons. The van der Waals surface area contributed by atoms with Crippen LogP contribution in [0.2, 0.25) is 0 Å². The van der Waals surface area contributed by atoms with E-state index in [-0.39, 0.29) is 18.4 Å². The molecule has 4 N–H and O–H groups in total. The molecule has 0 saturated carbocycles. The van der Waals surface area contributed by atoms with E-state index in [1.54, 1.807) is 12.1 Å². The van der Waals surface area contributed by atoms with Crippen molar-refractivity contribution in [1.82, 2.24) is 4.90 Å². The molecule has 0 unspecified atom stereocenters. The average Bonchev–Trinajstić information content (AvgIpc) is 2.30. The topological polar surface area (TPSA) is 89.4 Å². The number of hydrogen-bond acceptors (Lipinski definition) is 3. The first-order valence-electron chi connectivity index (χ1n) is 6.25. The predicted molar refractivity (Wildman–Crippen MR) is 75.5 cm³/mol. The van der Waals surface area contributed by atoms with Gasteiger partial charge in [-0.3, -0.25) is 9.59 Å². The van der Waals surface area contributed by atoms with Gasteiger partial charge in [-0.15, -0.1) is 0 Å². The third-order valence-electron chi connectivity index (χ3n) is 2.77. The number of anilines is 1. The highest BCUT2D eigenvalue weighted by Gasteiger charge is 2.21. The Bertz CT molecular complexity index is 484. The molecule has 0 bridgehead atoms. The molecule has 0 heterocycles. The molecule has 0 radical (unpaired) electrons. The van der Waals surface area contributed by atoms with Gasteiger partial charge in [-0.05, 0) is 24.5 Å². The monoisotopic (exact) mass is 263 g/mol. The summed E-state index contributed by atoms with van der Waals surface area (Å²) in [7, 11) is 0. The van der Waals surface area contributed by atoms with Crippen molar-refractivity contribution >= 4 is 17.5 Å². The summed E-state index contributed by atoms with van der Waals surface area (Å²) in [6.07, 6.45) is 0. The Balaban J connectivity index is 3.04. The number of aryl methyl sites for hydroxylation is 1. The van der Waals surface area contributed by atoms with Crippen LogP contribution in [0, 0.1) is 12.8 Å². The molecular weight excluding hydrogens is 242 g/mol. The van der Waals surface area contributed by atoms with E-state index in [1.165, 1.54) is 4.90 Å². The SMILES string of the molecule is Cc1cccc(C(=O)N(CC(N)=O)CC(C)C)c1N. The summed E-state index contributed by atoms with van der Waals surface area (Å²) in [4.78, 5) is 24.9. The molecule has 19 heavy (non-hydrogen) atoms. The Morgan fingerprint density at radius 2 is 1.95 bits per heavy atom. The molecule has 0 aliphatic heterocycles. The molecule has 5 heteroatoms. The second-order valence-electron chi connectivity index (χ2n) is 5.08. The number of amides is 2. The van der Waals surface area contributed by atoms with Gasteiger partial charge in [0.15, 0.2) is 0 Å². The summed E-state index contributed by atoms with van der Waals surface area (Å²) in [6, 6.07) is 5.28. The van der Waals surface area contributed by atoms with Gasteiger partial charge in [0.2, 0.25) is 5.91 Å². The van der Waals surface area contributed by atoms with Gasteiger partial charge in [0.1, 0.15) is 0 Å². The second kappa shape index (κ2) is 6.22. The van der Waals surface area contributed by atoms with Crippen LogP contribution in [0.3, 0.4) is 0 Å². The highest BCUT2D eigenvalue weighted by atomic mass is 16.2. The fourth-order valence-corrected chi connectivity index (χ4v) is 1.89. The van der Waals surface area contributed by atoms with E-state index in [2.05, 4.69) is 0 Å². The lowest BCUT2D eigenvalue weighted by Crippen LogP contribution is -2.40. The molecule has 1 aromatic carbocycles. The van der Waals surface area contributed by atoms with Crippen LogP contribution in [0.1, 0.15) is 29.8 Å². The summed E-state index contributed by atoms with van der Waals surface area (Å²) < 4.78 is 0. The number of nitrogens with zero attached hydrogens (tertiary/aromatic N) is 1. The average molecular weight is 263 g/mol. The van der Waals surface area contributed by atoms with Crippen LogP contribution in [-0.4, -0.2) is 29.8 Å². The van der Waals surface area contributed by atoms with Gasteiger partial charge in [0, 0.05) is 12.2 Å². The normalized spacial score (nSPS) is 10.5. The minimum Gasteiger partial charge on any atom is -0.398 e. The Hall–Kier alpha value is -2.04. The summed E-state index contributed by atoms with van der Waals surface area (Å²) in [5.41, 5.74) is 12.8. The summed E-state index contributed by atoms with van der Waals surface area (Å²) in [5.74, 6) is -0.539. The number of carbonyl (C=O) groups excluding carboxylic acids is 2. The van der Waals surface area contributed by atoms with E-state index in [0.717, 1.165) is 5.56 Å². The van der Waals surface area contributed by atoms with Crippen molar-refractivity contribution in [2.24, 2.45) is 11.7 Å². The van der Waals surface area contributed by atoms with Crippen LogP contribution in [0.25, 0.3) is 0 Å². The molecule has 1 rings (SSSR count). The summed E-state index contributed by atoms with van der Waals surface area (Å²) in [6.45, 7) is 6.16. The van der Waals surface area contributed by atoms with Crippen LogP contribution in [0.5, 0.6) is 0 Å².